The summed E-state index contributed by atoms with van der Waals surface area (Å²) in [6.07, 6.45) is 1.13. The first-order chi connectivity index (χ1) is 15.5. The van der Waals surface area contributed by atoms with Crippen LogP contribution < -0.4 is 9.62 Å². The van der Waals surface area contributed by atoms with Crippen LogP contribution in [0.1, 0.15) is 32.3 Å². The molecule has 2 aromatic rings. The monoisotopic (exact) mass is 497 g/mol. The van der Waals surface area contributed by atoms with E-state index >= 15 is 0 Å². The Morgan fingerprint density at radius 2 is 1.76 bits per heavy atom. The van der Waals surface area contributed by atoms with Gasteiger partial charge in [-0.2, -0.15) is 0 Å². The number of carbonyl (C=O) groups is 2. The Morgan fingerprint density at radius 1 is 1.12 bits per heavy atom. The second-order valence-electron chi connectivity index (χ2n) is 7.61. The van der Waals surface area contributed by atoms with Crippen LogP contribution in [-0.2, 0) is 26.2 Å². The smallest absolute Gasteiger partial charge is 0.242 e. The summed E-state index contributed by atoms with van der Waals surface area (Å²) in [7, 11) is -3.76. The zero-order chi connectivity index (χ0) is 24.6. The van der Waals surface area contributed by atoms with Crippen molar-refractivity contribution in [2.45, 2.75) is 39.3 Å². The Bertz CT molecular complexity index is 1060. The standard InChI is InChI=1S/C23H29ClFN3O4S/c1-4-26-23(30)17(2)27(16-18-11-13-19(24)14-12-18)22(29)10-7-15-28(33(3,31)32)21-9-6-5-8-20(21)25/h5-6,8-9,11-14,17H,4,7,10,15-16H2,1-3H3,(H,26,30)/t17-/m1/s1. The SMILES string of the molecule is CCNC(=O)[C@@H](C)N(Cc1ccc(Cl)cc1)C(=O)CCCN(c1ccccc1F)S(C)(=O)=O. The summed E-state index contributed by atoms with van der Waals surface area (Å²) in [5.41, 5.74) is 0.731. The van der Waals surface area contributed by atoms with Gasteiger partial charge >= 0.3 is 0 Å². The summed E-state index contributed by atoms with van der Waals surface area (Å²) in [5, 5.41) is 3.27. The zero-order valence-corrected chi connectivity index (χ0v) is 20.5. The summed E-state index contributed by atoms with van der Waals surface area (Å²) in [5.74, 6) is -1.27. The molecule has 7 nitrogen and oxygen atoms in total. The Morgan fingerprint density at radius 3 is 2.33 bits per heavy atom. The molecule has 2 aromatic carbocycles. The molecule has 0 aliphatic heterocycles. The molecule has 1 atom stereocenters. The second-order valence-corrected chi connectivity index (χ2v) is 9.95. The quantitative estimate of drug-likeness (QED) is 0.514. The molecular formula is C23H29ClFN3O4S. The first-order valence-corrected chi connectivity index (χ1v) is 12.8. The minimum Gasteiger partial charge on any atom is -0.355 e. The normalized spacial score (nSPS) is 12.2. The lowest BCUT2D eigenvalue weighted by Crippen LogP contribution is -2.47. The molecule has 1 N–H and O–H groups in total. The lowest BCUT2D eigenvalue weighted by atomic mass is 10.1. The fraction of sp³-hybridized carbons (Fsp3) is 0.391. The van der Waals surface area contributed by atoms with Gasteiger partial charge in [-0.3, -0.25) is 13.9 Å². The van der Waals surface area contributed by atoms with Gasteiger partial charge in [0.2, 0.25) is 21.8 Å². The molecule has 0 fully saturated rings. The molecule has 180 valence electrons. The number of hydrogen-bond donors (Lipinski definition) is 1. The molecule has 0 aliphatic carbocycles. The van der Waals surface area contributed by atoms with Crippen LogP contribution in [0, 0.1) is 5.82 Å². The molecular weight excluding hydrogens is 469 g/mol. The molecule has 0 aliphatic rings. The van der Waals surface area contributed by atoms with Gasteiger partial charge in [-0.1, -0.05) is 35.9 Å². The highest BCUT2D eigenvalue weighted by Gasteiger charge is 2.26. The Labute approximate surface area is 199 Å². The van der Waals surface area contributed by atoms with E-state index in [1.807, 2.05) is 0 Å². The van der Waals surface area contributed by atoms with Gasteiger partial charge in [0.25, 0.3) is 0 Å². The minimum atomic E-state index is -3.76. The first kappa shape index (κ1) is 26.6. The van der Waals surface area contributed by atoms with E-state index in [4.69, 9.17) is 11.6 Å². The largest absolute Gasteiger partial charge is 0.355 e. The number of rotatable bonds is 11. The van der Waals surface area contributed by atoms with Crippen LogP contribution in [0.2, 0.25) is 5.02 Å². The van der Waals surface area contributed by atoms with Crippen molar-refractivity contribution in [2.24, 2.45) is 0 Å². The fourth-order valence-corrected chi connectivity index (χ4v) is 4.42. The summed E-state index contributed by atoms with van der Waals surface area (Å²) in [4.78, 5) is 26.9. The van der Waals surface area contributed by atoms with Crippen LogP contribution >= 0.6 is 11.6 Å². The van der Waals surface area contributed by atoms with Crippen molar-refractivity contribution >= 4 is 39.1 Å². The van der Waals surface area contributed by atoms with Gasteiger partial charge in [0.05, 0.1) is 11.9 Å². The topological polar surface area (TPSA) is 86.8 Å². The van der Waals surface area contributed by atoms with E-state index in [9.17, 15) is 22.4 Å². The van der Waals surface area contributed by atoms with Crippen molar-refractivity contribution in [2.75, 3.05) is 23.7 Å². The van der Waals surface area contributed by atoms with Gasteiger partial charge in [0.1, 0.15) is 11.9 Å². The van der Waals surface area contributed by atoms with E-state index in [0.29, 0.717) is 11.6 Å². The Hall–Kier alpha value is -2.65. The van der Waals surface area contributed by atoms with Crippen molar-refractivity contribution in [1.29, 1.82) is 0 Å². The van der Waals surface area contributed by atoms with E-state index in [1.165, 1.54) is 23.1 Å². The summed E-state index contributed by atoms with van der Waals surface area (Å²) in [6.45, 7) is 3.98. The van der Waals surface area contributed by atoms with E-state index in [-0.39, 0.29) is 43.4 Å². The highest BCUT2D eigenvalue weighted by molar-refractivity contribution is 7.92. The molecule has 2 rings (SSSR count). The number of likely N-dealkylation sites (N-methyl/N-ethyl adjacent to an activating group) is 1. The van der Waals surface area contributed by atoms with Crippen molar-refractivity contribution in [3.8, 4) is 0 Å². The molecule has 0 radical (unpaired) electrons. The number of halogens is 2. The van der Waals surface area contributed by atoms with E-state index < -0.39 is 21.9 Å². The number of amides is 2. The molecule has 0 bridgehead atoms. The third-order valence-electron chi connectivity index (χ3n) is 5.06. The summed E-state index contributed by atoms with van der Waals surface area (Å²) >= 11 is 5.94. The zero-order valence-electron chi connectivity index (χ0n) is 18.9. The van der Waals surface area contributed by atoms with Crippen LogP contribution in [0.5, 0.6) is 0 Å². The van der Waals surface area contributed by atoms with Crippen LogP contribution in [0.25, 0.3) is 0 Å². The van der Waals surface area contributed by atoms with Gasteiger partial charge in [-0.15, -0.1) is 0 Å². The maximum Gasteiger partial charge on any atom is 0.242 e. The molecule has 0 saturated carbocycles. The number of benzene rings is 2. The number of nitrogens with zero attached hydrogens (tertiary/aromatic N) is 2. The van der Waals surface area contributed by atoms with Crippen molar-refractivity contribution in [3.63, 3.8) is 0 Å². The lowest BCUT2D eigenvalue weighted by Gasteiger charge is -2.29. The molecule has 33 heavy (non-hydrogen) atoms. The maximum absolute atomic E-state index is 14.2. The van der Waals surface area contributed by atoms with Crippen LogP contribution in [-0.4, -0.2) is 50.5 Å². The van der Waals surface area contributed by atoms with Gasteiger partial charge < -0.3 is 10.2 Å². The van der Waals surface area contributed by atoms with E-state index in [0.717, 1.165) is 16.1 Å². The highest BCUT2D eigenvalue weighted by Crippen LogP contribution is 2.22. The number of para-hydroxylation sites is 1. The summed E-state index contributed by atoms with van der Waals surface area (Å²) in [6, 6.07) is 11.8. The number of anilines is 1. The summed E-state index contributed by atoms with van der Waals surface area (Å²) < 4.78 is 39.6. The molecule has 0 unspecified atom stereocenters. The minimum absolute atomic E-state index is 0.0161. The van der Waals surface area contributed by atoms with Crippen molar-refractivity contribution < 1.29 is 22.4 Å². The number of sulfonamides is 1. The third kappa shape index (κ3) is 7.71. The van der Waals surface area contributed by atoms with Gasteiger partial charge in [0.15, 0.2) is 0 Å². The van der Waals surface area contributed by atoms with Crippen molar-refractivity contribution in [3.05, 3.63) is 64.9 Å². The average molecular weight is 498 g/mol. The molecule has 10 heteroatoms. The Balaban J connectivity index is 2.15. The second kappa shape index (κ2) is 12.0. The van der Waals surface area contributed by atoms with Gasteiger partial charge in [0, 0.05) is 31.1 Å². The van der Waals surface area contributed by atoms with Crippen LogP contribution in [0.4, 0.5) is 10.1 Å². The lowest BCUT2D eigenvalue weighted by molar-refractivity contribution is -0.140. The molecule has 2 amide bonds. The molecule has 0 heterocycles. The molecule has 0 spiro atoms. The first-order valence-electron chi connectivity index (χ1n) is 10.6. The average Bonchev–Trinajstić information content (AvgIpc) is 2.76. The van der Waals surface area contributed by atoms with E-state index in [1.54, 1.807) is 44.2 Å². The van der Waals surface area contributed by atoms with Gasteiger partial charge in [-0.25, -0.2) is 12.8 Å². The predicted molar refractivity (Wildman–Crippen MR) is 128 cm³/mol. The number of nitrogens with one attached hydrogen (secondary N) is 1. The highest BCUT2D eigenvalue weighted by atomic mass is 35.5. The fourth-order valence-electron chi connectivity index (χ4n) is 3.33. The molecule has 0 saturated heterocycles. The molecule has 0 aromatic heterocycles. The van der Waals surface area contributed by atoms with Crippen LogP contribution in [0.15, 0.2) is 48.5 Å². The maximum atomic E-state index is 14.2. The Kier molecular flexibility index (Phi) is 9.67. The van der Waals surface area contributed by atoms with E-state index in [2.05, 4.69) is 5.32 Å². The number of hydrogen-bond acceptors (Lipinski definition) is 4. The van der Waals surface area contributed by atoms with Gasteiger partial charge in [-0.05, 0) is 50.1 Å². The van der Waals surface area contributed by atoms with Crippen LogP contribution in [0.3, 0.4) is 0 Å². The predicted octanol–water partition coefficient (Wildman–Crippen LogP) is 3.58. The van der Waals surface area contributed by atoms with Crippen molar-refractivity contribution in [1.82, 2.24) is 10.2 Å². The third-order valence-corrected chi connectivity index (χ3v) is 6.49. The number of carbonyl (C=O) groups excluding carboxylic acids is 2.